The van der Waals surface area contributed by atoms with E-state index in [0.29, 0.717) is 11.8 Å². The van der Waals surface area contributed by atoms with Gasteiger partial charge in [0, 0.05) is 78.5 Å². The van der Waals surface area contributed by atoms with E-state index in [2.05, 4.69) is 42.5 Å². The van der Waals surface area contributed by atoms with E-state index in [1.807, 2.05) is 0 Å². The third-order valence-corrected chi connectivity index (χ3v) is 5.16. The zero-order chi connectivity index (χ0) is 18.1. The Morgan fingerprint density at radius 2 is 0.462 bits per heavy atom. The molecule has 26 heavy (non-hydrogen) atoms. The van der Waals surface area contributed by atoms with Gasteiger partial charge in [-0.25, -0.2) is 0 Å². The molecule has 0 bridgehead atoms. The topological polar surface area (TPSA) is 96.2 Å². The SMILES string of the molecule is C1CNCCNCC(C2CNCCNCCNCCNC2)CNCCN1. The lowest BCUT2D eigenvalue weighted by Gasteiger charge is -2.29. The Hall–Kier alpha value is -0.320. The fourth-order valence-electron chi connectivity index (χ4n) is 3.52. The number of hydrogen-bond acceptors (Lipinski definition) is 8. The second-order valence-corrected chi connectivity index (χ2v) is 7.34. The van der Waals surface area contributed by atoms with Gasteiger partial charge in [-0.1, -0.05) is 0 Å². The normalized spacial score (nSPS) is 26.3. The average molecular weight is 371 g/mol. The Balaban J connectivity index is 1.83. The molecule has 8 N–H and O–H groups in total. The summed E-state index contributed by atoms with van der Waals surface area (Å²) in [4.78, 5) is 0. The standard InChI is InChI=1S/C18H42N8/c1-2-20-6-10-24-14-17(13-23-9-5-19-1)18-15-25-11-7-21-3-4-22-8-12-26-16-18/h17-26H,1-16H2. The van der Waals surface area contributed by atoms with Crippen LogP contribution in [0.5, 0.6) is 0 Å². The fourth-order valence-corrected chi connectivity index (χ4v) is 3.52. The summed E-state index contributed by atoms with van der Waals surface area (Å²) < 4.78 is 0. The Morgan fingerprint density at radius 3 is 0.692 bits per heavy atom. The van der Waals surface area contributed by atoms with Crippen molar-refractivity contribution in [3.05, 3.63) is 0 Å². The van der Waals surface area contributed by atoms with Crippen LogP contribution in [0.4, 0.5) is 0 Å². The lowest BCUT2D eigenvalue weighted by molar-refractivity contribution is 0.285. The van der Waals surface area contributed by atoms with Gasteiger partial charge >= 0.3 is 0 Å². The van der Waals surface area contributed by atoms with E-state index >= 15 is 0 Å². The highest BCUT2D eigenvalue weighted by Crippen LogP contribution is 2.10. The van der Waals surface area contributed by atoms with Gasteiger partial charge in [0.25, 0.3) is 0 Å². The molecule has 0 unspecified atom stereocenters. The quantitative estimate of drug-likeness (QED) is 0.247. The van der Waals surface area contributed by atoms with Gasteiger partial charge in [0.2, 0.25) is 0 Å². The summed E-state index contributed by atoms with van der Waals surface area (Å²) in [5.41, 5.74) is 0. The van der Waals surface area contributed by atoms with Crippen LogP contribution in [0.15, 0.2) is 0 Å². The molecular formula is C18H42N8. The maximum Gasteiger partial charge on any atom is 0.00772 e. The van der Waals surface area contributed by atoms with Crippen LogP contribution in [0, 0.1) is 11.8 Å². The first-order valence-electron chi connectivity index (χ1n) is 10.6. The van der Waals surface area contributed by atoms with Gasteiger partial charge in [-0.3, -0.25) is 0 Å². The second-order valence-electron chi connectivity index (χ2n) is 7.34. The molecule has 2 heterocycles. The van der Waals surface area contributed by atoms with Crippen molar-refractivity contribution < 1.29 is 0 Å². The highest BCUT2D eigenvalue weighted by Gasteiger charge is 2.21. The van der Waals surface area contributed by atoms with Crippen LogP contribution in [0.25, 0.3) is 0 Å². The molecule has 0 spiro atoms. The largest absolute Gasteiger partial charge is 0.315 e. The summed E-state index contributed by atoms with van der Waals surface area (Å²) in [6, 6.07) is 0. The molecule has 0 atom stereocenters. The molecule has 0 amide bonds. The molecule has 0 aromatic rings. The number of nitrogens with one attached hydrogen (secondary N) is 8. The smallest absolute Gasteiger partial charge is 0.00772 e. The van der Waals surface area contributed by atoms with Gasteiger partial charge in [0.05, 0.1) is 0 Å². The van der Waals surface area contributed by atoms with Gasteiger partial charge in [0.15, 0.2) is 0 Å². The molecule has 0 aromatic carbocycles. The maximum atomic E-state index is 3.66. The fraction of sp³-hybridized carbons (Fsp3) is 1.00. The lowest BCUT2D eigenvalue weighted by Crippen LogP contribution is -2.46. The first-order chi connectivity index (χ1) is 13.0. The van der Waals surface area contributed by atoms with Crippen LogP contribution in [-0.2, 0) is 0 Å². The lowest BCUT2D eigenvalue weighted by atomic mass is 9.91. The summed E-state index contributed by atoms with van der Waals surface area (Å²) in [7, 11) is 0. The third kappa shape index (κ3) is 10.7. The molecule has 8 nitrogen and oxygen atoms in total. The van der Waals surface area contributed by atoms with Crippen LogP contribution in [0.3, 0.4) is 0 Å². The molecule has 2 fully saturated rings. The Morgan fingerprint density at radius 1 is 0.269 bits per heavy atom. The van der Waals surface area contributed by atoms with E-state index in [1.54, 1.807) is 0 Å². The van der Waals surface area contributed by atoms with Crippen molar-refractivity contribution in [1.82, 2.24) is 42.5 Å². The van der Waals surface area contributed by atoms with Crippen LogP contribution >= 0.6 is 0 Å². The van der Waals surface area contributed by atoms with Gasteiger partial charge in [-0.05, 0) is 38.0 Å². The van der Waals surface area contributed by atoms with Crippen molar-refractivity contribution >= 4 is 0 Å². The van der Waals surface area contributed by atoms with Gasteiger partial charge < -0.3 is 42.5 Å². The van der Waals surface area contributed by atoms with E-state index in [1.165, 1.54) is 0 Å². The van der Waals surface area contributed by atoms with Crippen molar-refractivity contribution in [3.63, 3.8) is 0 Å². The van der Waals surface area contributed by atoms with Crippen LogP contribution in [-0.4, -0.2) is 105 Å². The van der Waals surface area contributed by atoms with E-state index in [-0.39, 0.29) is 0 Å². The van der Waals surface area contributed by atoms with E-state index in [0.717, 1.165) is 105 Å². The van der Waals surface area contributed by atoms with Crippen LogP contribution < -0.4 is 42.5 Å². The highest BCUT2D eigenvalue weighted by atomic mass is 15.0. The predicted octanol–water partition coefficient (Wildman–Crippen LogP) is -3.04. The van der Waals surface area contributed by atoms with Crippen LogP contribution in [0.1, 0.15) is 0 Å². The van der Waals surface area contributed by atoms with Gasteiger partial charge in [-0.15, -0.1) is 0 Å². The van der Waals surface area contributed by atoms with Crippen molar-refractivity contribution in [2.24, 2.45) is 11.8 Å². The monoisotopic (exact) mass is 370 g/mol. The van der Waals surface area contributed by atoms with Crippen molar-refractivity contribution in [2.75, 3.05) is 105 Å². The van der Waals surface area contributed by atoms with Crippen molar-refractivity contribution in [1.29, 1.82) is 0 Å². The Kier molecular flexibility index (Phi) is 13.3. The Labute approximate surface area is 159 Å². The van der Waals surface area contributed by atoms with Crippen LogP contribution in [0.2, 0.25) is 0 Å². The van der Waals surface area contributed by atoms with Gasteiger partial charge in [-0.2, -0.15) is 0 Å². The molecular weight excluding hydrogens is 328 g/mol. The summed E-state index contributed by atoms with van der Waals surface area (Å²) in [6.07, 6.45) is 0. The van der Waals surface area contributed by atoms with E-state index in [4.69, 9.17) is 0 Å². The summed E-state index contributed by atoms with van der Waals surface area (Å²) in [5, 5.41) is 28.6. The molecule has 154 valence electrons. The molecule has 0 saturated carbocycles. The molecule has 2 aliphatic rings. The highest BCUT2D eigenvalue weighted by molar-refractivity contribution is 4.79. The first-order valence-corrected chi connectivity index (χ1v) is 10.6. The molecule has 0 aliphatic carbocycles. The number of hydrogen-bond donors (Lipinski definition) is 8. The summed E-state index contributed by atoms with van der Waals surface area (Å²) >= 11 is 0. The zero-order valence-electron chi connectivity index (χ0n) is 16.5. The van der Waals surface area contributed by atoms with Crippen molar-refractivity contribution in [2.45, 2.75) is 0 Å². The predicted molar refractivity (Wildman–Crippen MR) is 110 cm³/mol. The molecule has 0 radical (unpaired) electrons. The summed E-state index contributed by atoms with van der Waals surface area (Å²) in [5.74, 6) is 1.25. The minimum Gasteiger partial charge on any atom is -0.315 e. The molecule has 2 rings (SSSR count). The molecule has 8 heteroatoms. The van der Waals surface area contributed by atoms with E-state index < -0.39 is 0 Å². The average Bonchev–Trinajstić information content (AvgIpc) is 2.70. The molecule has 2 saturated heterocycles. The second kappa shape index (κ2) is 15.7. The van der Waals surface area contributed by atoms with E-state index in [9.17, 15) is 0 Å². The minimum absolute atomic E-state index is 0.627. The third-order valence-electron chi connectivity index (χ3n) is 5.16. The number of rotatable bonds is 1. The molecule has 2 aliphatic heterocycles. The zero-order valence-corrected chi connectivity index (χ0v) is 16.5. The minimum atomic E-state index is 0.627. The maximum absolute atomic E-state index is 3.66. The van der Waals surface area contributed by atoms with Crippen molar-refractivity contribution in [3.8, 4) is 0 Å². The van der Waals surface area contributed by atoms with Gasteiger partial charge in [0.1, 0.15) is 0 Å². The molecule has 0 aromatic heterocycles. The Bertz CT molecular complexity index is 260. The first kappa shape index (κ1) is 22.0. The summed E-state index contributed by atoms with van der Waals surface area (Å²) in [6.45, 7) is 16.8.